The lowest BCUT2D eigenvalue weighted by Crippen LogP contribution is -2.33. The van der Waals surface area contributed by atoms with E-state index in [4.69, 9.17) is 5.26 Å². The molecule has 1 aromatic rings. The van der Waals surface area contributed by atoms with Crippen LogP contribution in [-0.2, 0) is 4.79 Å². The van der Waals surface area contributed by atoms with E-state index in [-0.39, 0.29) is 17.5 Å². The Morgan fingerprint density at radius 2 is 2.00 bits per heavy atom. The molecule has 2 rings (SSSR count). The number of nitriles is 1. The van der Waals surface area contributed by atoms with E-state index in [2.05, 4.69) is 5.32 Å². The maximum absolute atomic E-state index is 12.1. The molecule has 20 heavy (non-hydrogen) atoms. The maximum atomic E-state index is 12.1. The lowest BCUT2D eigenvalue weighted by Gasteiger charge is -2.10. The molecule has 1 N–H and O–H groups in total. The van der Waals surface area contributed by atoms with Gasteiger partial charge in [0.1, 0.15) is 11.6 Å². The number of amides is 1. The van der Waals surface area contributed by atoms with Gasteiger partial charge in [-0.1, -0.05) is 25.0 Å². The quantitative estimate of drug-likeness (QED) is 0.524. The highest BCUT2D eigenvalue weighted by molar-refractivity contribution is 7.98. The Labute approximate surface area is 124 Å². The first-order valence-electron chi connectivity index (χ1n) is 6.79. The summed E-state index contributed by atoms with van der Waals surface area (Å²) in [6, 6.07) is 10.0. The maximum Gasteiger partial charge on any atom is 0.262 e. The van der Waals surface area contributed by atoms with Crippen LogP contribution in [0.5, 0.6) is 0 Å². The minimum atomic E-state index is -0.256. The largest absolute Gasteiger partial charge is 0.349 e. The first-order valence-corrected chi connectivity index (χ1v) is 8.02. The minimum absolute atomic E-state index is 0.175. The minimum Gasteiger partial charge on any atom is -0.349 e. The van der Waals surface area contributed by atoms with Crippen molar-refractivity contribution in [2.75, 3.05) is 6.26 Å². The van der Waals surface area contributed by atoms with Crippen LogP contribution in [-0.4, -0.2) is 18.2 Å². The van der Waals surface area contributed by atoms with E-state index in [1.807, 2.05) is 36.6 Å². The first-order chi connectivity index (χ1) is 9.72. The summed E-state index contributed by atoms with van der Waals surface area (Å²) in [5.41, 5.74) is 1.05. The first kappa shape index (κ1) is 14.7. The SMILES string of the molecule is CSc1ccc(/C=C(\C#N)C(=O)NC2CCCC2)cc1. The summed E-state index contributed by atoms with van der Waals surface area (Å²) < 4.78 is 0. The molecule has 1 fully saturated rings. The van der Waals surface area contributed by atoms with E-state index in [1.165, 1.54) is 0 Å². The highest BCUT2D eigenvalue weighted by Gasteiger charge is 2.19. The van der Waals surface area contributed by atoms with Crippen LogP contribution < -0.4 is 5.32 Å². The van der Waals surface area contributed by atoms with Gasteiger partial charge in [-0.05, 0) is 42.9 Å². The molecular formula is C16H18N2OS. The molecule has 0 heterocycles. The summed E-state index contributed by atoms with van der Waals surface area (Å²) in [7, 11) is 0. The van der Waals surface area contributed by atoms with Crippen LogP contribution in [0, 0.1) is 11.3 Å². The third-order valence-electron chi connectivity index (χ3n) is 3.48. The number of nitrogens with one attached hydrogen (secondary N) is 1. The smallest absolute Gasteiger partial charge is 0.262 e. The van der Waals surface area contributed by atoms with Crippen molar-refractivity contribution in [3.8, 4) is 6.07 Å². The van der Waals surface area contributed by atoms with Gasteiger partial charge in [0.05, 0.1) is 0 Å². The summed E-state index contributed by atoms with van der Waals surface area (Å²) in [4.78, 5) is 13.2. The molecule has 1 aromatic carbocycles. The van der Waals surface area contributed by atoms with E-state index >= 15 is 0 Å². The van der Waals surface area contributed by atoms with Crippen LogP contribution in [0.25, 0.3) is 6.08 Å². The number of rotatable bonds is 4. The summed E-state index contributed by atoms with van der Waals surface area (Å²) >= 11 is 1.66. The average Bonchev–Trinajstić information content (AvgIpc) is 2.98. The summed E-state index contributed by atoms with van der Waals surface area (Å²) in [6.07, 6.45) is 8.02. The number of hydrogen-bond acceptors (Lipinski definition) is 3. The molecule has 0 aliphatic heterocycles. The Morgan fingerprint density at radius 3 is 2.55 bits per heavy atom. The second-order valence-electron chi connectivity index (χ2n) is 4.90. The molecule has 1 saturated carbocycles. The Morgan fingerprint density at radius 1 is 1.35 bits per heavy atom. The Hall–Kier alpha value is -1.73. The zero-order valence-electron chi connectivity index (χ0n) is 11.6. The second-order valence-corrected chi connectivity index (χ2v) is 5.78. The number of hydrogen-bond donors (Lipinski definition) is 1. The molecule has 1 aliphatic rings. The van der Waals surface area contributed by atoms with E-state index in [0.29, 0.717) is 0 Å². The highest BCUT2D eigenvalue weighted by Crippen LogP contribution is 2.19. The van der Waals surface area contributed by atoms with Gasteiger partial charge in [-0.15, -0.1) is 11.8 Å². The molecular weight excluding hydrogens is 268 g/mol. The lowest BCUT2D eigenvalue weighted by atomic mass is 10.1. The fourth-order valence-corrected chi connectivity index (χ4v) is 2.76. The van der Waals surface area contributed by atoms with Crippen molar-refractivity contribution in [1.29, 1.82) is 5.26 Å². The molecule has 0 atom stereocenters. The van der Waals surface area contributed by atoms with Gasteiger partial charge in [-0.2, -0.15) is 5.26 Å². The van der Waals surface area contributed by atoms with Crippen molar-refractivity contribution < 1.29 is 4.79 Å². The normalized spacial score (nSPS) is 15.9. The van der Waals surface area contributed by atoms with Gasteiger partial charge >= 0.3 is 0 Å². The average molecular weight is 286 g/mol. The molecule has 0 spiro atoms. The van der Waals surface area contributed by atoms with Gasteiger partial charge in [-0.25, -0.2) is 0 Å². The number of carbonyl (C=O) groups excluding carboxylic acids is 1. The Kier molecular flexibility index (Phi) is 5.25. The fraction of sp³-hybridized carbons (Fsp3) is 0.375. The van der Waals surface area contributed by atoms with Gasteiger partial charge in [0.15, 0.2) is 0 Å². The zero-order valence-corrected chi connectivity index (χ0v) is 12.4. The number of benzene rings is 1. The van der Waals surface area contributed by atoms with Gasteiger partial charge < -0.3 is 5.32 Å². The van der Waals surface area contributed by atoms with Crippen LogP contribution in [0.1, 0.15) is 31.2 Å². The van der Waals surface area contributed by atoms with Crippen molar-refractivity contribution in [2.24, 2.45) is 0 Å². The van der Waals surface area contributed by atoms with Gasteiger partial charge in [0.25, 0.3) is 5.91 Å². The predicted octanol–water partition coefficient (Wildman–Crippen LogP) is 3.37. The van der Waals surface area contributed by atoms with Crippen LogP contribution in [0.2, 0.25) is 0 Å². The van der Waals surface area contributed by atoms with Crippen molar-refractivity contribution in [3.63, 3.8) is 0 Å². The molecule has 4 heteroatoms. The van der Waals surface area contributed by atoms with E-state index in [1.54, 1.807) is 17.8 Å². The predicted molar refractivity (Wildman–Crippen MR) is 82.2 cm³/mol. The number of carbonyl (C=O) groups is 1. The third kappa shape index (κ3) is 3.88. The van der Waals surface area contributed by atoms with Crippen LogP contribution >= 0.6 is 11.8 Å². The Bertz CT molecular complexity index is 537. The molecule has 1 aliphatic carbocycles. The number of thioether (sulfide) groups is 1. The topological polar surface area (TPSA) is 52.9 Å². The molecule has 3 nitrogen and oxygen atoms in total. The van der Waals surface area contributed by atoms with Gasteiger partial charge in [0.2, 0.25) is 0 Å². The van der Waals surface area contributed by atoms with Crippen molar-refractivity contribution >= 4 is 23.7 Å². The molecule has 1 amide bonds. The molecule has 0 saturated heterocycles. The highest BCUT2D eigenvalue weighted by atomic mass is 32.2. The molecule has 104 valence electrons. The van der Waals surface area contributed by atoms with Crippen LogP contribution in [0.4, 0.5) is 0 Å². The molecule has 0 radical (unpaired) electrons. The summed E-state index contributed by atoms with van der Waals surface area (Å²) in [5.74, 6) is -0.256. The Balaban J connectivity index is 2.07. The summed E-state index contributed by atoms with van der Waals surface area (Å²) in [6.45, 7) is 0. The molecule has 0 aromatic heterocycles. The number of nitrogens with zero attached hydrogens (tertiary/aromatic N) is 1. The lowest BCUT2D eigenvalue weighted by molar-refractivity contribution is -0.117. The van der Waals surface area contributed by atoms with Gasteiger partial charge in [-0.3, -0.25) is 4.79 Å². The monoisotopic (exact) mass is 286 g/mol. The van der Waals surface area contributed by atoms with Crippen molar-refractivity contribution in [3.05, 3.63) is 35.4 Å². The van der Waals surface area contributed by atoms with E-state index in [9.17, 15) is 4.79 Å². The third-order valence-corrected chi connectivity index (χ3v) is 4.23. The van der Waals surface area contributed by atoms with E-state index in [0.717, 1.165) is 36.1 Å². The van der Waals surface area contributed by atoms with Crippen molar-refractivity contribution in [1.82, 2.24) is 5.32 Å². The molecule has 0 bridgehead atoms. The van der Waals surface area contributed by atoms with Crippen molar-refractivity contribution in [2.45, 2.75) is 36.6 Å². The fourth-order valence-electron chi connectivity index (χ4n) is 2.35. The molecule has 0 unspecified atom stereocenters. The summed E-state index contributed by atoms with van der Waals surface area (Å²) in [5, 5.41) is 12.1. The van der Waals surface area contributed by atoms with Crippen LogP contribution in [0.3, 0.4) is 0 Å². The van der Waals surface area contributed by atoms with E-state index < -0.39 is 0 Å². The zero-order chi connectivity index (χ0) is 14.4. The second kappa shape index (κ2) is 7.16. The standard InChI is InChI=1S/C16H18N2OS/c1-20-15-8-6-12(7-9-15)10-13(11-17)16(19)18-14-4-2-3-5-14/h6-10,14H,2-5H2,1H3,(H,18,19)/b13-10+. The van der Waals surface area contributed by atoms with Crippen LogP contribution in [0.15, 0.2) is 34.7 Å². The van der Waals surface area contributed by atoms with Gasteiger partial charge in [0, 0.05) is 10.9 Å².